The molecule has 1 heterocycles. The summed E-state index contributed by atoms with van der Waals surface area (Å²) in [6.07, 6.45) is -0.859. The smallest absolute Gasteiger partial charge is 0.481 e. The number of benzene rings is 2. The van der Waals surface area contributed by atoms with Crippen LogP contribution in [0.5, 0.6) is 5.75 Å². The summed E-state index contributed by atoms with van der Waals surface area (Å²) in [6.45, 7) is 2.61. The first-order valence-electron chi connectivity index (χ1n) is 12.5. The van der Waals surface area contributed by atoms with Crippen molar-refractivity contribution in [3.05, 3.63) is 59.7 Å². The number of nitrogens with one attached hydrogen (secondary N) is 1. The second-order valence-corrected chi connectivity index (χ2v) is 9.61. The van der Waals surface area contributed by atoms with Crippen molar-refractivity contribution in [2.45, 2.75) is 57.5 Å². The van der Waals surface area contributed by atoms with Gasteiger partial charge < -0.3 is 24.8 Å². The number of carboxylic acids is 1. The minimum Gasteiger partial charge on any atom is -0.481 e. The van der Waals surface area contributed by atoms with Crippen molar-refractivity contribution < 1.29 is 37.3 Å². The summed E-state index contributed by atoms with van der Waals surface area (Å²) in [4.78, 5) is 29.8. The molecule has 1 unspecified atom stereocenters. The molecule has 8 nitrogen and oxygen atoms in total. The van der Waals surface area contributed by atoms with Crippen molar-refractivity contribution in [3.63, 3.8) is 0 Å². The molecule has 0 aromatic heterocycles. The van der Waals surface area contributed by atoms with Crippen LogP contribution in [-0.2, 0) is 9.53 Å². The molecule has 2 fully saturated rings. The molecule has 0 spiro atoms. The fraction of sp³-hybridized carbons (Fsp3) is 0.444. The first kappa shape index (κ1) is 27.3. The Morgan fingerprint density at radius 3 is 2.34 bits per heavy atom. The Morgan fingerprint density at radius 1 is 1.08 bits per heavy atom. The number of carboxylic acid groups (broad SMARTS) is 1. The van der Waals surface area contributed by atoms with Crippen LogP contribution in [0, 0.1) is 5.92 Å². The standard InChI is InChI=1S/C27H30F3N3O5/c1-17-2-10-21(11-3-17)33-23(18-4-6-19(7-5-18)25(36)31-15-14-24(34)35)16-37-26(33)32-20-8-12-22(13-9-20)38-27(28,29)30/h4-9,12-13,17,21,23H,2-3,10-11,14-16H2,1H3,(H,31,36)(H,34,35)/b32-26-. The van der Waals surface area contributed by atoms with Crippen molar-refractivity contribution in [3.8, 4) is 5.75 Å². The predicted molar refractivity (Wildman–Crippen MR) is 133 cm³/mol. The molecule has 1 saturated heterocycles. The van der Waals surface area contributed by atoms with E-state index in [9.17, 15) is 22.8 Å². The van der Waals surface area contributed by atoms with Crippen molar-refractivity contribution in [1.82, 2.24) is 10.2 Å². The number of alkyl halides is 3. The molecule has 11 heteroatoms. The van der Waals surface area contributed by atoms with E-state index in [0.717, 1.165) is 31.2 Å². The van der Waals surface area contributed by atoms with Gasteiger partial charge in [0.1, 0.15) is 12.4 Å². The highest BCUT2D eigenvalue weighted by atomic mass is 19.4. The first-order chi connectivity index (χ1) is 18.1. The molecule has 1 aliphatic heterocycles. The number of hydrogen-bond acceptors (Lipinski definition) is 5. The maximum absolute atomic E-state index is 12.5. The van der Waals surface area contributed by atoms with Gasteiger partial charge in [0.15, 0.2) is 0 Å². The summed E-state index contributed by atoms with van der Waals surface area (Å²) in [7, 11) is 0. The highest BCUT2D eigenvalue weighted by Gasteiger charge is 2.39. The van der Waals surface area contributed by atoms with E-state index in [-0.39, 0.29) is 36.7 Å². The average molecular weight is 534 g/mol. The number of hydrogen-bond donors (Lipinski definition) is 2. The molecule has 1 amide bonds. The molecule has 2 aromatic carbocycles. The van der Waals surface area contributed by atoms with Gasteiger partial charge in [0.05, 0.1) is 18.2 Å². The second kappa shape index (κ2) is 11.7. The summed E-state index contributed by atoms with van der Waals surface area (Å²) in [5.41, 5.74) is 1.80. The summed E-state index contributed by atoms with van der Waals surface area (Å²) in [5.74, 6) is -1.02. The van der Waals surface area contributed by atoms with Crippen molar-refractivity contribution >= 4 is 23.6 Å². The molecular weight excluding hydrogens is 503 g/mol. The van der Waals surface area contributed by atoms with E-state index in [1.54, 1.807) is 12.1 Å². The number of aliphatic carboxylic acids is 1. The number of aliphatic imine (C=N–C) groups is 1. The van der Waals surface area contributed by atoms with E-state index in [4.69, 9.17) is 9.84 Å². The number of carbonyl (C=O) groups excluding carboxylic acids is 1. The Balaban J connectivity index is 1.53. The summed E-state index contributed by atoms with van der Waals surface area (Å²) >= 11 is 0. The Bertz CT molecular complexity index is 1140. The lowest BCUT2D eigenvalue weighted by atomic mass is 9.86. The first-order valence-corrected chi connectivity index (χ1v) is 12.5. The van der Waals surface area contributed by atoms with Gasteiger partial charge >= 0.3 is 12.3 Å². The summed E-state index contributed by atoms with van der Waals surface area (Å²) < 4.78 is 47.4. The number of nitrogens with zero attached hydrogens (tertiary/aromatic N) is 2. The lowest BCUT2D eigenvalue weighted by Gasteiger charge is -2.36. The predicted octanol–water partition coefficient (Wildman–Crippen LogP) is 5.43. The van der Waals surface area contributed by atoms with Crippen LogP contribution in [0.2, 0.25) is 0 Å². The highest BCUT2D eigenvalue weighted by molar-refractivity contribution is 5.94. The van der Waals surface area contributed by atoms with Crippen molar-refractivity contribution in [1.29, 1.82) is 0 Å². The molecule has 1 aliphatic carbocycles. The van der Waals surface area contributed by atoms with Crippen LogP contribution in [0.3, 0.4) is 0 Å². The molecule has 204 valence electrons. The van der Waals surface area contributed by atoms with Crippen LogP contribution < -0.4 is 10.1 Å². The minimum absolute atomic E-state index is 0.0450. The van der Waals surface area contributed by atoms with Crippen molar-refractivity contribution in [2.75, 3.05) is 13.2 Å². The number of amidine groups is 1. The molecule has 1 saturated carbocycles. The van der Waals surface area contributed by atoms with Gasteiger partial charge in [0.25, 0.3) is 11.9 Å². The zero-order valence-corrected chi connectivity index (χ0v) is 20.9. The van der Waals surface area contributed by atoms with E-state index in [2.05, 4.69) is 26.9 Å². The third-order valence-corrected chi connectivity index (χ3v) is 6.78. The molecule has 38 heavy (non-hydrogen) atoms. The molecule has 2 aliphatic rings. The maximum Gasteiger partial charge on any atom is 0.573 e. The summed E-state index contributed by atoms with van der Waals surface area (Å²) in [6, 6.07) is 12.9. The Kier molecular flexibility index (Phi) is 8.43. The van der Waals surface area contributed by atoms with Crippen LogP contribution >= 0.6 is 0 Å². The zero-order valence-electron chi connectivity index (χ0n) is 20.9. The molecule has 4 rings (SSSR count). The number of carbonyl (C=O) groups is 2. The van der Waals surface area contributed by atoms with Gasteiger partial charge in [0, 0.05) is 18.2 Å². The lowest BCUT2D eigenvalue weighted by molar-refractivity contribution is -0.274. The number of ether oxygens (including phenoxy) is 2. The van der Waals surface area contributed by atoms with Crippen LogP contribution in [0.25, 0.3) is 0 Å². The third kappa shape index (κ3) is 7.17. The van der Waals surface area contributed by atoms with Crippen LogP contribution in [-0.4, -0.2) is 53.5 Å². The maximum atomic E-state index is 12.5. The van der Waals surface area contributed by atoms with Gasteiger partial charge in [0.2, 0.25) is 0 Å². The topological polar surface area (TPSA) is 100 Å². The lowest BCUT2D eigenvalue weighted by Crippen LogP contribution is -2.40. The molecule has 0 radical (unpaired) electrons. The van der Waals surface area contributed by atoms with Gasteiger partial charge in [-0.3, -0.25) is 9.59 Å². The third-order valence-electron chi connectivity index (χ3n) is 6.78. The highest BCUT2D eigenvalue weighted by Crippen LogP contribution is 2.37. The van der Waals surface area contributed by atoms with Crippen LogP contribution in [0.1, 0.15) is 61.0 Å². The Labute approximate surface area is 218 Å². The van der Waals surface area contributed by atoms with E-state index in [1.165, 1.54) is 24.3 Å². The Hall–Kier alpha value is -3.76. The molecule has 0 bridgehead atoms. The number of amides is 1. The van der Waals surface area contributed by atoms with E-state index in [0.29, 0.717) is 29.8 Å². The largest absolute Gasteiger partial charge is 0.573 e. The second-order valence-electron chi connectivity index (χ2n) is 9.61. The van der Waals surface area contributed by atoms with Crippen molar-refractivity contribution in [2.24, 2.45) is 10.9 Å². The van der Waals surface area contributed by atoms with Gasteiger partial charge in [-0.15, -0.1) is 13.2 Å². The van der Waals surface area contributed by atoms with E-state index >= 15 is 0 Å². The summed E-state index contributed by atoms with van der Waals surface area (Å²) in [5, 5.41) is 11.3. The van der Waals surface area contributed by atoms with Gasteiger partial charge in [-0.1, -0.05) is 19.1 Å². The molecule has 2 aromatic rings. The SMILES string of the molecule is CC1CCC(N2/C(=N/c3ccc(OC(F)(F)F)cc3)OCC2c2ccc(C(=O)NCCC(=O)O)cc2)CC1. The number of halogens is 3. The fourth-order valence-electron chi connectivity index (χ4n) is 4.79. The van der Waals surface area contributed by atoms with E-state index in [1.807, 2.05) is 12.1 Å². The molecular formula is C27H30F3N3O5. The minimum atomic E-state index is -4.77. The Morgan fingerprint density at radius 2 is 1.74 bits per heavy atom. The van der Waals surface area contributed by atoms with Crippen LogP contribution in [0.4, 0.5) is 18.9 Å². The normalized spacial score (nSPS) is 22.7. The fourth-order valence-corrected chi connectivity index (χ4v) is 4.79. The van der Waals surface area contributed by atoms with Gasteiger partial charge in [-0.2, -0.15) is 4.99 Å². The quantitative estimate of drug-likeness (QED) is 0.470. The molecule has 1 atom stereocenters. The monoisotopic (exact) mass is 533 g/mol. The van der Waals surface area contributed by atoms with Crippen LogP contribution in [0.15, 0.2) is 53.5 Å². The average Bonchev–Trinajstić information content (AvgIpc) is 3.28. The van der Waals surface area contributed by atoms with E-state index < -0.39 is 12.3 Å². The van der Waals surface area contributed by atoms with Gasteiger partial charge in [-0.05, 0) is 73.6 Å². The number of rotatable bonds is 8. The molecule has 2 N–H and O–H groups in total. The zero-order chi connectivity index (χ0) is 27.3. The van der Waals surface area contributed by atoms with Gasteiger partial charge in [-0.25, -0.2) is 0 Å².